The molecule has 0 spiro atoms. The van der Waals surface area contributed by atoms with Crippen LogP contribution in [0.1, 0.15) is 49.1 Å². The third kappa shape index (κ3) is 6.05. The molecule has 0 saturated heterocycles. The highest BCUT2D eigenvalue weighted by Crippen LogP contribution is 2.28. The van der Waals surface area contributed by atoms with Crippen molar-refractivity contribution in [2.24, 2.45) is 0 Å². The number of benzene rings is 2. The van der Waals surface area contributed by atoms with Crippen molar-refractivity contribution >= 4 is 17.5 Å². The first-order chi connectivity index (χ1) is 15.2. The molecule has 1 saturated carbocycles. The average molecular weight is 436 g/mol. The lowest BCUT2D eigenvalue weighted by atomic mass is 9.87. The number of halogens is 1. The Labute approximate surface area is 187 Å². The molecule has 1 aliphatic rings. The lowest BCUT2D eigenvalue weighted by molar-refractivity contribution is -0.122. The number of hydrogen-bond donors (Lipinski definition) is 1. The molecule has 1 amide bonds. The second-order valence-corrected chi connectivity index (χ2v) is 8.36. The maximum Gasteiger partial charge on any atom is 0.316 e. The van der Waals surface area contributed by atoms with Gasteiger partial charge in [-0.3, -0.25) is 4.79 Å². The van der Waals surface area contributed by atoms with E-state index >= 15 is 0 Å². The summed E-state index contributed by atoms with van der Waals surface area (Å²) in [6, 6.07) is 21.0. The second-order valence-electron chi connectivity index (χ2n) is 7.92. The van der Waals surface area contributed by atoms with E-state index in [2.05, 4.69) is 39.6 Å². The molecule has 0 radical (unpaired) electrons. The van der Waals surface area contributed by atoms with Gasteiger partial charge in [0, 0.05) is 18.4 Å². The van der Waals surface area contributed by atoms with E-state index in [-0.39, 0.29) is 24.0 Å². The molecule has 1 N–H and O–H groups in total. The van der Waals surface area contributed by atoms with Gasteiger partial charge in [-0.05, 0) is 36.8 Å². The fourth-order valence-corrected chi connectivity index (χ4v) is 4.20. The summed E-state index contributed by atoms with van der Waals surface area (Å²) < 4.78 is 5.85. The summed E-state index contributed by atoms with van der Waals surface area (Å²) in [5.41, 5.74) is 2.31. The van der Waals surface area contributed by atoms with Crippen LogP contribution >= 0.6 is 11.6 Å². The molecule has 0 unspecified atom stereocenters. The number of rotatable bonds is 7. The van der Waals surface area contributed by atoms with Crippen LogP contribution in [0.4, 0.5) is 0 Å². The molecular formula is C25H26ClN3O2. The van der Waals surface area contributed by atoms with E-state index < -0.39 is 0 Å². The maximum atomic E-state index is 12.9. The zero-order valence-electron chi connectivity index (χ0n) is 17.3. The Bertz CT molecular complexity index is 920. The van der Waals surface area contributed by atoms with Crippen molar-refractivity contribution in [2.45, 2.75) is 50.2 Å². The fourth-order valence-electron chi connectivity index (χ4n) is 4.11. The Balaban J connectivity index is 1.31. The molecule has 0 bridgehead atoms. The third-order valence-corrected chi connectivity index (χ3v) is 5.90. The molecule has 0 atom stereocenters. The van der Waals surface area contributed by atoms with Gasteiger partial charge in [-0.1, -0.05) is 72.3 Å². The summed E-state index contributed by atoms with van der Waals surface area (Å²) in [7, 11) is 0. The van der Waals surface area contributed by atoms with Crippen molar-refractivity contribution in [1.29, 1.82) is 0 Å². The van der Waals surface area contributed by atoms with E-state index in [0.717, 1.165) is 36.8 Å². The number of hydrogen-bond acceptors (Lipinski definition) is 4. The summed E-state index contributed by atoms with van der Waals surface area (Å²) in [6.45, 7) is 0. The molecule has 2 aromatic carbocycles. The van der Waals surface area contributed by atoms with Gasteiger partial charge in [0.15, 0.2) is 0 Å². The SMILES string of the molecule is O=C(CC(c1ccccc1)c1ccccc1)NC1CCC(Oc2ncc(Cl)cn2)CC1. The highest BCUT2D eigenvalue weighted by Gasteiger charge is 2.25. The summed E-state index contributed by atoms with van der Waals surface area (Å²) in [6.07, 6.45) is 7.04. The Kier molecular flexibility index (Phi) is 7.15. The smallest absolute Gasteiger partial charge is 0.316 e. The van der Waals surface area contributed by atoms with Crippen molar-refractivity contribution in [3.63, 3.8) is 0 Å². The number of amides is 1. The molecular weight excluding hydrogens is 410 g/mol. The standard InChI is InChI=1S/C25H26ClN3O2/c26-20-16-27-25(28-17-20)31-22-13-11-21(12-14-22)29-24(30)15-23(18-7-3-1-4-8-18)19-9-5-2-6-10-19/h1-10,16-17,21-23H,11-15H2,(H,29,30). The minimum Gasteiger partial charge on any atom is -0.460 e. The highest BCUT2D eigenvalue weighted by atomic mass is 35.5. The van der Waals surface area contributed by atoms with Crippen LogP contribution in [0.3, 0.4) is 0 Å². The average Bonchev–Trinajstić information content (AvgIpc) is 2.81. The molecule has 160 valence electrons. The molecule has 6 heteroatoms. The zero-order valence-corrected chi connectivity index (χ0v) is 18.0. The van der Waals surface area contributed by atoms with Crippen LogP contribution in [0.15, 0.2) is 73.1 Å². The first-order valence-electron chi connectivity index (χ1n) is 10.7. The Morgan fingerprint density at radius 1 is 0.935 bits per heavy atom. The van der Waals surface area contributed by atoms with E-state index in [4.69, 9.17) is 16.3 Å². The van der Waals surface area contributed by atoms with Crippen molar-refractivity contribution in [2.75, 3.05) is 0 Å². The highest BCUT2D eigenvalue weighted by molar-refractivity contribution is 6.30. The molecule has 3 aromatic rings. The Morgan fingerprint density at radius 3 is 2.03 bits per heavy atom. The predicted octanol–water partition coefficient (Wildman–Crippen LogP) is 5.16. The minimum absolute atomic E-state index is 0.0455. The van der Waals surface area contributed by atoms with E-state index in [1.165, 1.54) is 12.4 Å². The van der Waals surface area contributed by atoms with Crippen molar-refractivity contribution in [1.82, 2.24) is 15.3 Å². The number of ether oxygens (including phenoxy) is 1. The molecule has 0 aliphatic heterocycles. The summed E-state index contributed by atoms with van der Waals surface area (Å²) >= 11 is 5.82. The number of carbonyl (C=O) groups excluding carboxylic acids is 1. The van der Waals surface area contributed by atoms with Gasteiger partial charge in [-0.2, -0.15) is 0 Å². The summed E-state index contributed by atoms with van der Waals surface area (Å²) in [5.74, 6) is 0.132. The van der Waals surface area contributed by atoms with Gasteiger partial charge >= 0.3 is 6.01 Å². The van der Waals surface area contributed by atoms with E-state index in [1.54, 1.807) is 0 Å². The van der Waals surface area contributed by atoms with Crippen LogP contribution in [-0.4, -0.2) is 28.0 Å². The lowest BCUT2D eigenvalue weighted by Crippen LogP contribution is -2.40. The second kappa shape index (κ2) is 10.4. The molecule has 1 heterocycles. The van der Waals surface area contributed by atoms with Gasteiger partial charge in [-0.15, -0.1) is 0 Å². The van der Waals surface area contributed by atoms with Crippen LogP contribution in [0, 0.1) is 0 Å². The normalized spacial score (nSPS) is 18.5. The monoisotopic (exact) mass is 435 g/mol. The van der Waals surface area contributed by atoms with E-state index in [1.807, 2.05) is 36.4 Å². The first-order valence-corrected chi connectivity index (χ1v) is 11.1. The number of nitrogens with zero attached hydrogens (tertiary/aromatic N) is 2. The van der Waals surface area contributed by atoms with Crippen molar-refractivity contribution in [3.05, 3.63) is 89.2 Å². The van der Waals surface area contributed by atoms with Crippen LogP contribution < -0.4 is 10.1 Å². The topological polar surface area (TPSA) is 64.1 Å². The first kappa shape index (κ1) is 21.3. The van der Waals surface area contributed by atoms with Gasteiger partial charge in [0.25, 0.3) is 0 Å². The van der Waals surface area contributed by atoms with Gasteiger partial charge in [0.2, 0.25) is 5.91 Å². The zero-order chi connectivity index (χ0) is 21.5. The van der Waals surface area contributed by atoms with Gasteiger partial charge in [0.05, 0.1) is 17.4 Å². The quantitative estimate of drug-likeness (QED) is 0.556. The van der Waals surface area contributed by atoms with Crippen LogP contribution in [0.2, 0.25) is 5.02 Å². The molecule has 1 aliphatic carbocycles. The molecule has 1 aromatic heterocycles. The summed E-state index contributed by atoms with van der Waals surface area (Å²) in [5, 5.41) is 3.73. The molecule has 31 heavy (non-hydrogen) atoms. The fraction of sp³-hybridized carbons (Fsp3) is 0.320. The Hall–Kier alpha value is -2.92. The molecule has 5 nitrogen and oxygen atoms in total. The summed E-state index contributed by atoms with van der Waals surface area (Å²) in [4.78, 5) is 21.1. The van der Waals surface area contributed by atoms with E-state index in [0.29, 0.717) is 17.5 Å². The predicted molar refractivity (Wildman–Crippen MR) is 121 cm³/mol. The molecule has 4 rings (SSSR count). The van der Waals surface area contributed by atoms with E-state index in [9.17, 15) is 4.79 Å². The number of aromatic nitrogens is 2. The Morgan fingerprint density at radius 2 is 1.48 bits per heavy atom. The van der Waals surface area contributed by atoms with Crippen LogP contribution in [0.5, 0.6) is 6.01 Å². The maximum absolute atomic E-state index is 12.9. The lowest BCUT2D eigenvalue weighted by Gasteiger charge is -2.29. The number of nitrogens with one attached hydrogen (secondary N) is 1. The van der Waals surface area contributed by atoms with Crippen molar-refractivity contribution < 1.29 is 9.53 Å². The third-order valence-electron chi connectivity index (χ3n) is 5.70. The van der Waals surface area contributed by atoms with Crippen LogP contribution in [-0.2, 0) is 4.79 Å². The molecule has 1 fully saturated rings. The van der Waals surface area contributed by atoms with Gasteiger partial charge in [0.1, 0.15) is 6.10 Å². The minimum atomic E-state index is 0.0455. The number of carbonyl (C=O) groups is 1. The van der Waals surface area contributed by atoms with Crippen molar-refractivity contribution in [3.8, 4) is 6.01 Å². The largest absolute Gasteiger partial charge is 0.460 e. The van der Waals surface area contributed by atoms with Gasteiger partial charge in [-0.25, -0.2) is 9.97 Å². The van der Waals surface area contributed by atoms with Gasteiger partial charge < -0.3 is 10.1 Å². The van der Waals surface area contributed by atoms with Crippen LogP contribution in [0.25, 0.3) is 0 Å².